The molecule has 0 aliphatic carbocycles. The highest BCUT2D eigenvalue weighted by Gasteiger charge is 2.43. The monoisotopic (exact) mass is 341 g/mol. The molecule has 2 aromatic rings. The largest absolute Gasteiger partial charge is 0.471 e. The van der Waals surface area contributed by atoms with Crippen LogP contribution in [0.2, 0.25) is 0 Å². The number of amides is 2. The average Bonchev–Trinajstić information content (AvgIpc) is 3.01. The van der Waals surface area contributed by atoms with E-state index in [0.717, 1.165) is 4.90 Å². The zero-order valence-corrected chi connectivity index (χ0v) is 12.5. The predicted octanol–water partition coefficient (Wildman–Crippen LogP) is 2.57. The zero-order chi connectivity index (χ0) is 17.3. The molecule has 0 bridgehead atoms. The summed E-state index contributed by atoms with van der Waals surface area (Å²) in [5.74, 6) is -2.57. The number of oxazole rings is 1. The van der Waals surface area contributed by atoms with Crippen LogP contribution in [0.25, 0.3) is 11.1 Å². The van der Waals surface area contributed by atoms with Crippen LogP contribution in [0.15, 0.2) is 29.0 Å². The van der Waals surface area contributed by atoms with Crippen LogP contribution in [0.4, 0.5) is 18.9 Å². The number of anilines is 1. The van der Waals surface area contributed by atoms with Gasteiger partial charge in [-0.05, 0) is 25.0 Å². The second-order valence-electron chi connectivity index (χ2n) is 5.59. The van der Waals surface area contributed by atoms with Gasteiger partial charge in [0.2, 0.25) is 5.91 Å². The van der Waals surface area contributed by atoms with Crippen molar-refractivity contribution in [1.29, 1.82) is 0 Å². The molecule has 128 valence electrons. The number of nitrogens with zero attached hydrogens (tertiary/aromatic N) is 2. The maximum Gasteiger partial charge on any atom is 0.471 e. The standard InChI is InChI=1S/C15H14F3N3O3/c16-15(17,18)14(23)21-5-3-9(4-6-21)13(22)20-10-1-2-11-12(7-10)24-8-19-11/h1-2,7-9H,3-6H2,(H,20,22). The number of carbonyl (C=O) groups excluding carboxylic acids is 2. The van der Waals surface area contributed by atoms with Crippen molar-refractivity contribution in [2.75, 3.05) is 18.4 Å². The highest BCUT2D eigenvalue weighted by Crippen LogP contribution is 2.25. The summed E-state index contributed by atoms with van der Waals surface area (Å²) in [5.41, 5.74) is 1.71. The van der Waals surface area contributed by atoms with Gasteiger partial charge in [0.15, 0.2) is 12.0 Å². The first-order chi connectivity index (χ1) is 11.3. The summed E-state index contributed by atoms with van der Waals surface area (Å²) in [4.78, 5) is 28.1. The number of nitrogens with one attached hydrogen (secondary N) is 1. The number of benzene rings is 1. The van der Waals surface area contributed by atoms with E-state index in [2.05, 4.69) is 10.3 Å². The number of fused-ring (bicyclic) bond motifs is 1. The Morgan fingerprint density at radius 2 is 1.96 bits per heavy atom. The molecule has 24 heavy (non-hydrogen) atoms. The molecule has 1 fully saturated rings. The van der Waals surface area contributed by atoms with Crippen LogP contribution in [0, 0.1) is 5.92 Å². The fourth-order valence-electron chi connectivity index (χ4n) is 2.70. The molecule has 2 amide bonds. The lowest BCUT2D eigenvalue weighted by molar-refractivity contribution is -0.186. The van der Waals surface area contributed by atoms with Gasteiger partial charge in [0.05, 0.1) is 0 Å². The lowest BCUT2D eigenvalue weighted by atomic mass is 9.95. The molecule has 1 aliphatic rings. The van der Waals surface area contributed by atoms with E-state index in [9.17, 15) is 22.8 Å². The third kappa shape index (κ3) is 3.34. The minimum atomic E-state index is -4.87. The smallest absolute Gasteiger partial charge is 0.443 e. The topological polar surface area (TPSA) is 75.4 Å². The molecular formula is C15H14F3N3O3. The Kier molecular flexibility index (Phi) is 4.16. The van der Waals surface area contributed by atoms with Gasteiger partial charge in [-0.25, -0.2) is 4.98 Å². The van der Waals surface area contributed by atoms with Crippen LogP contribution in [0.3, 0.4) is 0 Å². The van der Waals surface area contributed by atoms with Crippen molar-refractivity contribution in [3.63, 3.8) is 0 Å². The van der Waals surface area contributed by atoms with Gasteiger partial charge in [-0.2, -0.15) is 13.2 Å². The molecule has 1 aliphatic heterocycles. The predicted molar refractivity (Wildman–Crippen MR) is 78.0 cm³/mol. The SMILES string of the molecule is O=C(Nc1ccc2ncoc2c1)C1CCN(C(=O)C(F)(F)F)CC1. The molecule has 0 saturated carbocycles. The Bertz CT molecular complexity index is 764. The zero-order valence-electron chi connectivity index (χ0n) is 12.5. The lowest BCUT2D eigenvalue weighted by Crippen LogP contribution is -2.46. The number of aromatic nitrogens is 1. The van der Waals surface area contributed by atoms with Crippen molar-refractivity contribution in [2.45, 2.75) is 19.0 Å². The number of halogens is 3. The van der Waals surface area contributed by atoms with Crippen LogP contribution in [-0.4, -0.2) is 41.0 Å². The number of hydrogen-bond acceptors (Lipinski definition) is 4. The molecule has 1 aromatic carbocycles. The summed E-state index contributed by atoms with van der Waals surface area (Å²) < 4.78 is 42.3. The number of carbonyl (C=O) groups is 2. The van der Waals surface area contributed by atoms with Crippen molar-refractivity contribution in [1.82, 2.24) is 9.88 Å². The Balaban J connectivity index is 1.58. The fourth-order valence-corrected chi connectivity index (χ4v) is 2.70. The van der Waals surface area contributed by atoms with Crippen molar-refractivity contribution < 1.29 is 27.2 Å². The number of piperidine rings is 1. The van der Waals surface area contributed by atoms with Crippen LogP contribution in [0.5, 0.6) is 0 Å². The molecule has 6 nitrogen and oxygen atoms in total. The van der Waals surface area contributed by atoms with Gasteiger partial charge < -0.3 is 14.6 Å². The van der Waals surface area contributed by atoms with E-state index in [0.29, 0.717) is 16.8 Å². The van der Waals surface area contributed by atoms with Crippen LogP contribution in [0.1, 0.15) is 12.8 Å². The molecule has 1 saturated heterocycles. The summed E-state index contributed by atoms with van der Waals surface area (Å²) in [7, 11) is 0. The normalized spacial score (nSPS) is 16.4. The number of hydrogen-bond donors (Lipinski definition) is 1. The molecule has 0 radical (unpaired) electrons. The molecule has 2 heterocycles. The van der Waals surface area contributed by atoms with Crippen LogP contribution >= 0.6 is 0 Å². The van der Waals surface area contributed by atoms with Gasteiger partial charge in [0, 0.05) is 30.8 Å². The summed E-state index contributed by atoms with van der Waals surface area (Å²) >= 11 is 0. The highest BCUT2D eigenvalue weighted by molar-refractivity contribution is 5.94. The summed E-state index contributed by atoms with van der Waals surface area (Å²) in [6.45, 7) is -0.171. The Morgan fingerprint density at radius 1 is 1.25 bits per heavy atom. The van der Waals surface area contributed by atoms with E-state index < -0.39 is 18.0 Å². The number of alkyl halides is 3. The highest BCUT2D eigenvalue weighted by atomic mass is 19.4. The molecule has 3 rings (SSSR count). The first-order valence-electron chi connectivity index (χ1n) is 7.35. The van der Waals surface area contributed by atoms with E-state index in [1.807, 2.05) is 0 Å². The van der Waals surface area contributed by atoms with Crippen molar-refractivity contribution in [3.8, 4) is 0 Å². The third-order valence-electron chi connectivity index (χ3n) is 3.99. The first-order valence-corrected chi connectivity index (χ1v) is 7.35. The molecule has 1 aromatic heterocycles. The molecule has 9 heteroatoms. The van der Waals surface area contributed by atoms with Crippen molar-refractivity contribution >= 4 is 28.6 Å². The van der Waals surface area contributed by atoms with Gasteiger partial charge in [-0.15, -0.1) is 0 Å². The van der Waals surface area contributed by atoms with E-state index in [1.54, 1.807) is 18.2 Å². The Morgan fingerprint density at radius 3 is 2.62 bits per heavy atom. The van der Waals surface area contributed by atoms with Gasteiger partial charge in [-0.3, -0.25) is 9.59 Å². The first kappa shape index (κ1) is 16.3. The summed E-state index contributed by atoms with van der Waals surface area (Å²) in [6.07, 6.45) is -3.19. The fraction of sp³-hybridized carbons (Fsp3) is 0.400. The van der Waals surface area contributed by atoms with Gasteiger partial charge in [0.25, 0.3) is 0 Å². The Hall–Kier alpha value is -2.58. The van der Waals surface area contributed by atoms with Crippen molar-refractivity contribution in [3.05, 3.63) is 24.6 Å². The lowest BCUT2D eigenvalue weighted by Gasteiger charge is -2.31. The quantitative estimate of drug-likeness (QED) is 0.911. The number of rotatable bonds is 2. The Labute approximate surface area is 134 Å². The second-order valence-corrected chi connectivity index (χ2v) is 5.59. The maximum atomic E-state index is 12.4. The van der Waals surface area contributed by atoms with E-state index in [-0.39, 0.29) is 31.8 Å². The van der Waals surface area contributed by atoms with E-state index in [4.69, 9.17) is 4.42 Å². The molecule has 0 unspecified atom stereocenters. The molecular weight excluding hydrogens is 327 g/mol. The van der Waals surface area contributed by atoms with Crippen LogP contribution in [-0.2, 0) is 9.59 Å². The molecule has 0 spiro atoms. The maximum absolute atomic E-state index is 12.4. The number of likely N-dealkylation sites (tertiary alicyclic amines) is 1. The van der Waals surface area contributed by atoms with Gasteiger partial charge in [0.1, 0.15) is 5.52 Å². The van der Waals surface area contributed by atoms with Gasteiger partial charge >= 0.3 is 12.1 Å². The molecule has 1 N–H and O–H groups in total. The van der Waals surface area contributed by atoms with E-state index in [1.165, 1.54) is 6.39 Å². The van der Waals surface area contributed by atoms with E-state index >= 15 is 0 Å². The third-order valence-corrected chi connectivity index (χ3v) is 3.99. The average molecular weight is 341 g/mol. The van der Waals surface area contributed by atoms with Gasteiger partial charge in [-0.1, -0.05) is 0 Å². The van der Waals surface area contributed by atoms with Crippen molar-refractivity contribution in [2.24, 2.45) is 5.92 Å². The summed E-state index contributed by atoms with van der Waals surface area (Å²) in [6, 6.07) is 4.99. The minimum Gasteiger partial charge on any atom is -0.443 e. The molecule has 0 atom stereocenters. The minimum absolute atomic E-state index is 0.0857. The second kappa shape index (κ2) is 6.14. The summed E-state index contributed by atoms with van der Waals surface area (Å²) in [5, 5.41) is 2.72. The van der Waals surface area contributed by atoms with Crippen LogP contribution < -0.4 is 5.32 Å².